The fourth-order valence-corrected chi connectivity index (χ4v) is 2.25. The minimum absolute atomic E-state index is 0.212. The predicted molar refractivity (Wildman–Crippen MR) is 70.0 cm³/mol. The third-order valence-electron chi connectivity index (χ3n) is 3.03. The molecular weight excluding hydrogens is 210 g/mol. The number of nitrogens with one attached hydrogen (secondary N) is 1. The van der Waals surface area contributed by atoms with E-state index in [0.29, 0.717) is 0 Å². The molecule has 0 saturated carbocycles. The fraction of sp³-hybridized carbons (Fsp3) is 0.357. The lowest BCUT2D eigenvalue weighted by Gasteiger charge is -2.16. The van der Waals surface area contributed by atoms with Crippen LogP contribution >= 0.6 is 0 Å². The molecule has 1 atom stereocenters. The maximum Gasteiger partial charge on any atom is 0.0644 e. The Labute approximate surface area is 102 Å². The summed E-state index contributed by atoms with van der Waals surface area (Å²) in [6, 6.07) is 8.80. The fourth-order valence-electron chi connectivity index (χ4n) is 2.25. The Morgan fingerprint density at radius 1 is 1.29 bits per heavy atom. The van der Waals surface area contributed by atoms with Gasteiger partial charge in [0.05, 0.1) is 11.7 Å². The summed E-state index contributed by atoms with van der Waals surface area (Å²) in [5.74, 6) is 0. The summed E-state index contributed by atoms with van der Waals surface area (Å²) in [5.41, 5.74) is 4.88. The van der Waals surface area contributed by atoms with Crippen LogP contribution in [0.3, 0.4) is 0 Å². The van der Waals surface area contributed by atoms with Gasteiger partial charge in [-0.3, -0.25) is 4.68 Å². The first-order valence-corrected chi connectivity index (χ1v) is 5.86. The molecule has 1 heterocycles. The Morgan fingerprint density at radius 2 is 2.06 bits per heavy atom. The molecule has 0 saturated heterocycles. The average molecular weight is 229 g/mol. The van der Waals surface area contributed by atoms with E-state index >= 15 is 0 Å². The Morgan fingerprint density at radius 3 is 2.59 bits per heavy atom. The van der Waals surface area contributed by atoms with Gasteiger partial charge in [0.2, 0.25) is 0 Å². The van der Waals surface area contributed by atoms with Crippen molar-refractivity contribution >= 4 is 0 Å². The summed E-state index contributed by atoms with van der Waals surface area (Å²) in [5, 5.41) is 7.77. The van der Waals surface area contributed by atoms with E-state index in [4.69, 9.17) is 0 Å². The van der Waals surface area contributed by atoms with E-state index in [9.17, 15) is 0 Å². The van der Waals surface area contributed by atoms with Crippen LogP contribution in [-0.4, -0.2) is 16.8 Å². The van der Waals surface area contributed by atoms with Crippen molar-refractivity contribution < 1.29 is 0 Å². The van der Waals surface area contributed by atoms with Gasteiger partial charge >= 0.3 is 0 Å². The van der Waals surface area contributed by atoms with Gasteiger partial charge in [0.1, 0.15) is 0 Å². The first-order valence-electron chi connectivity index (χ1n) is 5.86. The zero-order chi connectivity index (χ0) is 12.4. The zero-order valence-electron chi connectivity index (χ0n) is 10.9. The second kappa shape index (κ2) is 4.72. The van der Waals surface area contributed by atoms with Crippen LogP contribution in [0.25, 0.3) is 0 Å². The summed E-state index contributed by atoms with van der Waals surface area (Å²) >= 11 is 0. The van der Waals surface area contributed by atoms with Crippen molar-refractivity contribution in [3.05, 3.63) is 52.8 Å². The van der Waals surface area contributed by atoms with Gasteiger partial charge in [0, 0.05) is 18.8 Å². The highest BCUT2D eigenvalue weighted by atomic mass is 15.3. The van der Waals surface area contributed by atoms with Crippen LogP contribution in [0.1, 0.15) is 28.4 Å². The Kier molecular flexibility index (Phi) is 3.29. The summed E-state index contributed by atoms with van der Waals surface area (Å²) in [6.07, 6.45) is 2.08. The molecule has 0 aliphatic rings. The Hall–Kier alpha value is -1.61. The maximum absolute atomic E-state index is 4.40. The second-order valence-corrected chi connectivity index (χ2v) is 4.48. The summed E-state index contributed by atoms with van der Waals surface area (Å²) in [6.45, 7) is 4.17. The van der Waals surface area contributed by atoms with Crippen molar-refractivity contribution in [3.63, 3.8) is 0 Å². The molecule has 3 heteroatoms. The third-order valence-corrected chi connectivity index (χ3v) is 3.03. The van der Waals surface area contributed by atoms with Crippen LogP contribution in [0.2, 0.25) is 0 Å². The summed E-state index contributed by atoms with van der Waals surface area (Å²) in [4.78, 5) is 0. The molecule has 2 rings (SSSR count). The van der Waals surface area contributed by atoms with Crippen molar-refractivity contribution in [1.82, 2.24) is 15.1 Å². The Bertz CT molecular complexity index is 514. The second-order valence-electron chi connectivity index (χ2n) is 4.48. The number of rotatable bonds is 3. The lowest BCUT2D eigenvalue weighted by Crippen LogP contribution is -2.18. The number of aryl methyl sites for hydroxylation is 3. The molecule has 0 radical (unpaired) electrons. The zero-order valence-corrected chi connectivity index (χ0v) is 10.9. The molecule has 0 aliphatic heterocycles. The highest BCUT2D eigenvalue weighted by Gasteiger charge is 2.16. The monoisotopic (exact) mass is 229 g/mol. The van der Waals surface area contributed by atoms with Crippen molar-refractivity contribution in [1.29, 1.82) is 0 Å². The minimum atomic E-state index is 0.212. The van der Waals surface area contributed by atoms with Crippen molar-refractivity contribution in [2.24, 2.45) is 7.05 Å². The van der Waals surface area contributed by atoms with Crippen molar-refractivity contribution in [2.75, 3.05) is 7.05 Å². The SMILES string of the molecule is CNC(c1cccc(C)c1)c1cn(C)nc1C. The molecule has 90 valence electrons. The number of hydrogen-bond acceptors (Lipinski definition) is 2. The van der Waals surface area contributed by atoms with E-state index in [1.54, 1.807) is 0 Å². The van der Waals surface area contributed by atoms with Gasteiger partial charge in [-0.1, -0.05) is 29.8 Å². The van der Waals surface area contributed by atoms with Gasteiger partial charge in [-0.25, -0.2) is 0 Å². The molecule has 2 aromatic rings. The van der Waals surface area contributed by atoms with E-state index in [0.717, 1.165) is 5.69 Å². The first-order chi connectivity index (χ1) is 8.11. The van der Waals surface area contributed by atoms with Gasteiger partial charge in [0.15, 0.2) is 0 Å². The average Bonchev–Trinajstić information content (AvgIpc) is 2.59. The highest BCUT2D eigenvalue weighted by Crippen LogP contribution is 2.24. The number of hydrogen-bond donors (Lipinski definition) is 1. The maximum atomic E-state index is 4.40. The van der Waals surface area contributed by atoms with Crippen LogP contribution in [-0.2, 0) is 7.05 Å². The lowest BCUT2D eigenvalue weighted by molar-refractivity contribution is 0.686. The smallest absolute Gasteiger partial charge is 0.0644 e. The number of benzene rings is 1. The first kappa shape index (κ1) is 11.9. The highest BCUT2D eigenvalue weighted by molar-refractivity contribution is 5.34. The van der Waals surface area contributed by atoms with Crippen LogP contribution in [0, 0.1) is 13.8 Å². The molecule has 1 aromatic carbocycles. The van der Waals surface area contributed by atoms with Crippen LogP contribution in [0.5, 0.6) is 0 Å². The van der Waals surface area contributed by atoms with E-state index < -0.39 is 0 Å². The lowest BCUT2D eigenvalue weighted by atomic mass is 9.98. The van der Waals surface area contributed by atoms with Gasteiger partial charge in [0.25, 0.3) is 0 Å². The normalized spacial score (nSPS) is 12.7. The molecule has 0 amide bonds. The molecule has 0 fully saturated rings. The van der Waals surface area contributed by atoms with Gasteiger partial charge in [-0.05, 0) is 26.5 Å². The molecule has 0 aliphatic carbocycles. The molecule has 1 N–H and O–H groups in total. The predicted octanol–water partition coefficient (Wildman–Crippen LogP) is 2.35. The van der Waals surface area contributed by atoms with Gasteiger partial charge < -0.3 is 5.32 Å². The molecule has 0 bridgehead atoms. The molecule has 3 nitrogen and oxygen atoms in total. The summed E-state index contributed by atoms with van der Waals surface area (Å²) in [7, 11) is 3.94. The van der Waals surface area contributed by atoms with Crippen LogP contribution in [0.15, 0.2) is 30.5 Å². The van der Waals surface area contributed by atoms with E-state index in [1.165, 1.54) is 16.7 Å². The molecule has 0 spiro atoms. The molecule has 1 aromatic heterocycles. The van der Waals surface area contributed by atoms with Crippen LogP contribution < -0.4 is 5.32 Å². The number of aromatic nitrogens is 2. The topological polar surface area (TPSA) is 29.9 Å². The molecular formula is C14H19N3. The minimum Gasteiger partial charge on any atom is -0.309 e. The van der Waals surface area contributed by atoms with Crippen LogP contribution in [0.4, 0.5) is 0 Å². The molecule has 1 unspecified atom stereocenters. The standard InChI is InChI=1S/C14H19N3/c1-10-6-5-7-12(8-10)14(15-3)13-9-17(4)16-11(13)2/h5-9,14-15H,1-4H3. The van der Waals surface area contributed by atoms with Crippen molar-refractivity contribution in [2.45, 2.75) is 19.9 Å². The largest absolute Gasteiger partial charge is 0.309 e. The quantitative estimate of drug-likeness (QED) is 0.875. The van der Waals surface area contributed by atoms with Gasteiger partial charge in [-0.2, -0.15) is 5.10 Å². The van der Waals surface area contributed by atoms with E-state index in [1.807, 2.05) is 18.8 Å². The van der Waals surface area contributed by atoms with Crippen molar-refractivity contribution in [3.8, 4) is 0 Å². The van der Waals surface area contributed by atoms with Gasteiger partial charge in [-0.15, -0.1) is 0 Å². The molecule has 17 heavy (non-hydrogen) atoms. The van der Waals surface area contributed by atoms with E-state index in [-0.39, 0.29) is 6.04 Å². The third kappa shape index (κ3) is 2.39. The van der Waals surface area contributed by atoms with E-state index in [2.05, 4.69) is 54.7 Å². The number of nitrogens with zero attached hydrogens (tertiary/aromatic N) is 2. The Balaban J connectivity index is 2.43. The summed E-state index contributed by atoms with van der Waals surface area (Å²) < 4.78 is 1.87.